The van der Waals surface area contributed by atoms with E-state index < -0.39 is 0 Å². The van der Waals surface area contributed by atoms with Crippen molar-refractivity contribution in [2.45, 2.75) is 10.8 Å². The molecule has 0 aliphatic heterocycles. The van der Waals surface area contributed by atoms with Gasteiger partial charge in [-0.1, -0.05) is 11.8 Å². The Morgan fingerprint density at radius 3 is 3.06 bits per heavy atom. The molecule has 0 aliphatic carbocycles. The lowest BCUT2D eigenvalue weighted by atomic mass is 10.5. The minimum Gasteiger partial charge on any atom is -0.383 e. The van der Waals surface area contributed by atoms with Crippen molar-refractivity contribution in [2.75, 3.05) is 32.6 Å². The second-order valence-electron chi connectivity index (χ2n) is 3.18. The van der Waals surface area contributed by atoms with Crippen molar-refractivity contribution in [3.05, 3.63) is 11.6 Å². The standard InChI is InChI=1S/C10H17N3O2S2/c1-15-6-4-12-9(14)11-3-2-7-16-10-13-5-8-17-10/h5,8H,2-4,6-7H2,1H3,(H2,11,12,14). The lowest BCUT2D eigenvalue weighted by molar-refractivity contribution is 0.196. The lowest BCUT2D eigenvalue weighted by Crippen LogP contribution is -2.37. The van der Waals surface area contributed by atoms with Crippen molar-refractivity contribution in [2.24, 2.45) is 0 Å². The molecule has 0 radical (unpaired) electrons. The van der Waals surface area contributed by atoms with Gasteiger partial charge in [-0.15, -0.1) is 11.3 Å². The number of urea groups is 1. The maximum atomic E-state index is 11.2. The highest BCUT2D eigenvalue weighted by Gasteiger charge is 1.99. The van der Waals surface area contributed by atoms with Crippen molar-refractivity contribution in [1.82, 2.24) is 15.6 Å². The molecule has 1 aromatic heterocycles. The summed E-state index contributed by atoms with van der Waals surface area (Å²) in [7, 11) is 1.61. The summed E-state index contributed by atoms with van der Waals surface area (Å²) in [6.45, 7) is 1.75. The Kier molecular flexibility index (Phi) is 7.78. The number of methoxy groups -OCH3 is 1. The molecule has 0 unspecified atom stereocenters. The Bertz CT molecular complexity index is 307. The van der Waals surface area contributed by atoms with Crippen molar-refractivity contribution in [3.63, 3.8) is 0 Å². The Morgan fingerprint density at radius 1 is 1.53 bits per heavy atom. The SMILES string of the molecule is COCCNC(=O)NCCCSc1nccs1. The number of nitrogens with one attached hydrogen (secondary N) is 2. The van der Waals surface area contributed by atoms with Gasteiger partial charge < -0.3 is 15.4 Å². The summed E-state index contributed by atoms with van der Waals surface area (Å²) >= 11 is 3.36. The number of carbonyl (C=O) groups excluding carboxylic acids is 1. The molecule has 1 aromatic rings. The van der Waals surface area contributed by atoms with E-state index in [1.165, 1.54) is 0 Å². The average Bonchev–Trinajstić information content (AvgIpc) is 2.82. The molecule has 2 N–H and O–H groups in total. The number of amides is 2. The maximum absolute atomic E-state index is 11.2. The van der Waals surface area contributed by atoms with Gasteiger partial charge in [0.2, 0.25) is 0 Å². The number of hydrogen-bond acceptors (Lipinski definition) is 5. The molecule has 0 bridgehead atoms. The number of hydrogen-bond donors (Lipinski definition) is 2. The van der Waals surface area contributed by atoms with Gasteiger partial charge in [0.05, 0.1) is 6.61 Å². The van der Waals surface area contributed by atoms with Crippen LogP contribution in [0, 0.1) is 0 Å². The van der Waals surface area contributed by atoms with Gasteiger partial charge in [-0.2, -0.15) is 0 Å². The highest BCUT2D eigenvalue weighted by Crippen LogP contribution is 2.20. The monoisotopic (exact) mass is 275 g/mol. The number of nitrogens with zero attached hydrogens (tertiary/aromatic N) is 1. The number of ether oxygens (including phenoxy) is 1. The Hall–Kier alpha value is -0.790. The summed E-state index contributed by atoms with van der Waals surface area (Å²) < 4.78 is 5.90. The molecule has 0 spiro atoms. The first-order chi connectivity index (χ1) is 8.33. The highest BCUT2D eigenvalue weighted by atomic mass is 32.2. The highest BCUT2D eigenvalue weighted by molar-refractivity contribution is 8.00. The minimum atomic E-state index is -0.138. The van der Waals surface area contributed by atoms with Gasteiger partial charge in [0.25, 0.3) is 0 Å². The molecule has 5 nitrogen and oxygen atoms in total. The molecular formula is C10H17N3O2S2. The van der Waals surface area contributed by atoms with E-state index in [-0.39, 0.29) is 6.03 Å². The van der Waals surface area contributed by atoms with E-state index in [1.54, 1.807) is 36.4 Å². The Morgan fingerprint density at radius 2 is 2.35 bits per heavy atom. The summed E-state index contributed by atoms with van der Waals surface area (Å²) in [4.78, 5) is 15.4. The van der Waals surface area contributed by atoms with E-state index in [9.17, 15) is 4.79 Å². The third-order valence-corrected chi connectivity index (χ3v) is 3.89. The van der Waals surface area contributed by atoms with Crippen LogP contribution in [-0.2, 0) is 4.74 Å². The zero-order chi connectivity index (χ0) is 12.3. The molecule has 1 rings (SSSR count). The van der Waals surface area contributed by atoms with Gasteiger partial charge in [-0.05, 0) is 6.42 Å². The number of thioether (sulfide) groups is 1. The zero-order valence-electron chi connectivity index (χ0n) is 9.77. The Balaban J connectivity index is 1.91. The number of carbonyl (C=O) groups is 1. The van der Waals surface area contributed by atoms with E-state index in [2.05, 4.69) is 15.6 Å². The van der Waals surface area contributed by atoms with Crippen LogP contribution in [0.15, 0.2) is 15.9 Å². The van der Waals surface area contributed by atoms with E-state index in [1.807, 2.05) is 5.38 Å². The molecule has 17 heavy (non-hydrogen) atoms. The van der Waals surface area contributed by atoms with Gasteiger partial charge in [0, 0.05) is 37.5 Å². The van der Waals surface area contributed by atoms with Crippen LogP contribution in [0.25, 0.3) is 0 Å². The number of thiazole rings is 1. The molecule has 0 aliphatic rings. The summed E-state index contributed by atoms with van der Waals surface area (Å²) in [5.41, 5.74) is 0. The van der Waals surface area contributed by atoms with Crippen LogP contribution in [0.4, 0.5) is 4.79 Å². The van der Waals surface area contributed by atoms with Crippen molar-refractivity contribution < 1.29 is 9.53 Å². The summed E-state index contributed by atoms with van der Waals surface area (Å²) in [6.07, 6.45) is 2.73. The van der Waals surface area contributed by atoms with Gasteiger partial charge >= 0.3 is 6.03 Å². The van der Waals surface area contributed by atoms with Crippen molar-refractivity contribution in [3.8, 4) is 0 Å². The van der Waals surface area contributed by atoms with Gasteiger partial charge in [0.15, 0.2) is 0 Å². The fourth-order valence-electron chi connectivity index (χ4n) is 1.04. The largest absolute Gasteiger partial charge is 0.383 e. The van der Waals surface area contributed by atoms with E-state index in [0.29, 0.717) is 19.7 Å². The molecule has 96 valence electrons. The second kappa shape index (κ2) is 9.26. The molecule has 0 fully saturated rings. The predicted octanol–water partition coefficient (Wildman–Crippen LogP) is 1.57. The smallest absolute Gasteiger partial charge is 0.314 e. The predicted molar refractivity (Wildman–Crippen MR) is 70.7 cm³/mol. The molecular weight excluding hydrogens is 258 g/mol. The third kappa shape index (κ3) is 7.19. The first kappa shape index (κ1) is 14.3. The average molecular weight is 275 g/mol. The topological polar surface area (TPSA) is 63.2 Å². The number of aromatic nitrogens is 1. The van der Waals surface area contributed by atoms with Crippen LogP contribution in [0.1, 0.15) is 6.42 Å². The quantitative estimate of drug-likeness (QED) is 0.558. The fraction of sp³-hybridized carbons (Fsp3) is 0.600. The maximum Gasteiger partial charge on any atom is 0.314 e. The van der Waals surface area contributed by atoms with Gasteiger partial charge in [0.1, 0.15) is 4.34 Å². The molecule has 7 heteroatoms. The van der Waals surface area contributed by atoms with Crippen LogP contribution in [0.3, 0.4) is 0 Å². The summed E-state index contributed by atoms with van der Waals surface area (Å²) in [5.74, 6) is 0.964. The third-order valence-electron chi connectivity index (χ3n) is 1.83. The van der Waals surface area contributed by atoms with Crippen molar-refractivity contribution in [1.29, 1.82) is 0 Å². The zero-order valence-corrected chi connectivity index (χ0v) is 11.4. The van der Waals surface area contributed by atoms with Crippen molar-refractivity contribution >= 4 is 29.1 Å². The summed E-state index contributed by atoms with van der Waals surface area (Å²) in [6, 6.07) is -0.138. The Labute approximate surface area is 109 Å². The second-order valence-corrected chi connectivity index (χ2v) is 5.41. The first-order valence-corrected chi connectivity index (χ1v) is 7.22. The molecule has 1 heterocycles. The van der Waals surface area contributed by atoms with Gasteiger partial charge in [-0.3, -0.25) is 0 Å². The van der Waals surface area contributed by atoms with Crippen LogP contribution in [0.5, 0.6) is 0 Å². The first-order valence-electron chi connectivity index (χ1n) is 5.36. The van der Waals surface area contributed by atoms with Crippen LogP contribution >= 0.6 is 23.1 Å². The van der Waals surface area contributed by atoms with Gasteiger partial charge in [-0.25, -0.2) is 9.78 Å². The summed E-state index contributed by atoms with van der Waals surface area (Å²) in [5, 5.41) is 7.44. The molecule has 0 saturated heterocycles. The molecule has 0 saturated carbocycles. The van der Waals surface area contributed by atoms with E-state index in [4.69, 9.17) is 4.74 Å². The lowest BCUT2D eigenvalue weighted by Gasteiger charge is -2.06. The fourth-order valence-corrected chi connectivity index (χ4v) is 2.69. The molecule has 0 atom stereocenters. The number of rotatable bonds is 8. The normalized spacial score (nSPS) is 10.2. The van der Waals surface area contributed by atoms with E-state index in [0.717, 1.165) is 16.5 Å². The molecule has 2 amide bonds. The molecule has 0 aromatic carbocycles. The van der Waals surface area contributed by atoms with Crippen LogP contribution < -0.4 is 10.6 Å². The van der Waals surface area contributed by atoms with E-state index >= 15 is 0 Å². The minimum absolute atomic E-state index is 0.138. The van der Waals surface area contributed by atoms with Crippen LogP contribution in [-0.4, -0.2) is 43.6 Å². The van der Waals surface area contributed by atoms with Crippen LogP contribution in [0.2, 0.25) is 0 Å².